The van der Waals surface area contributed by atoms with Gasteiger partial charge in [-0.15, -0.1) is 23.5 Å². The lowest BCUT2D eigenvalue weighted by molar-refractivity contribution is -0.134. The molecule has 0 radical (unpaired) electrons. The lowest BCUT2D eigenvalue weighted by atomic mass is 10.1. The molecule has 0 heterocycles. The van der Waals surface area contributed by atoms with Gasteiger partial charge in [-0.25, -0.2) is 9.59 Å². The van der Waals surface area contributed by atoms with E-state index >= 15 is 0 Å². The molecule has 2 N–H and O–H groups in total. The van der Waals surface area contributed by atoms with Crippen molar-refractivity contribution in [2.24, 2.45) is 0 Å². The first-order valence-electron chi connectivity index (χ1n) is 14.0. The predicted molar refractivity (Wildman–Crippen MR) is 151 cm³/mol. The SMILES string of the molecule is CCCCCCCCCCCCS/C(C(=O)O)=C(\SCCCCCCCCCCCC)C(=O)O. The van der Waals surface area contributed by atoms with E-state index in [0.717, 1.165) is 25.7 Å². The van der Waals surface area contributed by atoms with Crippen LogP contribution in [0.1, 0.15) is 142 Å². The van der Waals surface area contributed by atoms with Gasteiger partial charge < -0.3 is 10.2 Å². The molecule has 0 saturated heterocycles. The summed E-state index contributed by atoms with van der Waals surface area (Å²) in [5, 5.41) is 19.2. The molecule has 0 unspecified atom stereocenters. The van der Waals surface area contributed by atoms with E-state index in [-0.39, 0.29) is 9.81 Å². The Hall–Kier alpha value is -0.620. The number of rotatable bonds is 26. The molecule has 0 saturated carbocycles. The maximum absolute atomic E-state index is 11.7. The average molecular weight is 517 g/mol. The standard InChI is InChI=1S/C28H52O4S2/c1-3-5-7-9-11-13-15-17-19-21-23-33-25(27(29)30)26(28(31)32)34-24-22-20-18-16-14-12-10-8-6-4-2/h3-24H2,1-2H3,(H,29,30)(H,31,32)/b26-25-. The number of aliphatic carboxylic acids is 2. The first-order chi connectivity index (χ1) is 16.5. The van der Waals surface area contributed by atoms with Gasteiger partial charge in [0.2, 0.25) is 0 Å². The summed E-state index contributed by atoms with van der Waals surface area (Å²) in [6.07, 6.45) is 24.7. The van der Waals surface area contributed by atoms with Crippen LogP contribution in [0.2, 0.25) is 0 Å². The van der Waals surface area contributed by atoms with Crippen LogP contribution in [-0.4, -0.2) is 33.7 Å². The molecule has 6 heteroatoms. The third-order valence-electron chi connectivity index (χ3n) is 6.08. The molecular weight excluding hydrogens is 464 g/mol. The molecule has 34 heavy (non-hydrogen) atoms. The normalized spacial score (nSPS) is 12.1. The molecule has 0 aromatic heterocycles. The number of carboxylic acid groups (broad SMARTS) is 2. The highest BCUT2D eigenvalue weighted by Gasteiger charge is 2.21. The van der Waals surface area contributed by atoms with Gasteiger partial charge in [0.1, 0.15) is 9.81 Å². The van der Waals surface area contributed by atoms with Crippen LogP contribution in [0.15, 0.2) is 9.81 Å². The Bertz CT molecular complexity index is 488. The maximum atomic E-state index is 11.7. The molecule has 200 valence electrons. The molecule has 0 amide bonds. The maximum Gasteiger partial charge on any atom is 0.343 e. The van der Waals surface area contributed by atoms with Crippen LogP contribution in [0.4, 0.5) is 0 Å². The van der Waals surface area contributed by atoms with E-state index in [1.807, 2.05) is 0 Å². The minimum Gasteiger partial charge on any atom is -0.477 e. The van der Waals surface area contributed by atoms with Gasteiger partial charge in [-0.05, 0) is 24.3 Å². The van der Waals surface area contributed by atoms with E-state index in [2.05, 4.69) is 13.8 Å². The Labute approximate surface area is 218 Å². The smallest absolute Gasteiger partial charge is 0.343 e. The summed E-state index contributed by atoms with van der Waals surface area (Å²) in [5.41, 5.74) is 0. The molecule has 0 bridgehead atoms. The molecule has 0 fully saturated rings. The van der Waals surface area contributed by atoms with Gasteiger partial charge in [-0.2, -0.15) is 0 Å². The van der Waals surface area contributed by atoms with E-state index in [4.69, 9.17) is 0 Å². The fraction of sp³-hybridized carbons (Fsp3) is 0.857. The van der Waals surface area contributed by atoms with E-state index in [1.165, 1.54) is 126 Å². The zero-order chi connectivity index (χ0) is 25.3. The van der Waals surface area contributed by atoms with E-state index in [9.17, 15) is 19.8 Å². The van der Waals surface area contributed by atoms with Gasteiger partial charge in [0, 0.05) is 0 Å². The highest BCUT2D eigenvalue weighted by molar-refractivity contribution is 8.07. The van der Waals surface area contributed by atoms with Crippen LogP contribution in [0.3, 0.4) is 0 Å². The van der Waals surface area contributed by atoms with Gasteiger partial charge in [0.15, 0.2) is 0 Å². The van der Waals surface area contributed by atoms with E-state index < -0.39 is 11.9 Å². The summed E-state index contributed by atoms with van der Waals surface area (Å²) in [4.78, 5) is 23.4. The summed E-state index contributed by atoms with van der Waals surface area (Å²) in [5.74, 6) is -0.864. The lowest BCUT2D eigenvalue weighted by Gasteiger charge is -2.09. The zero-order valence-electron chi connectivity index (χ0n) is 22.1. The van der Waals surface area contributed by atoms with Crippen molar-refractivity contribution in [1.29, 1.82) is 0 Å². The van der Waals surface area contributed by atoms with Crippen molar-refractivity contribution in [3.8, 4) is 0 Å². The lowest BCUT2D eigenvalue weighted by Crippen LogP contribution is -2.08. The van der Waals surface area contributed by atoms with Crippen molar-refractivity contribution in [3.05, 3.63) is 9.81 Å². The third-order valence-corrected chi connectivity index (χ3v) is 8.53. The first kappa shape index (κ1) is 33.4. The van der Waals surface area contributed by atoms with Gasteiger partial charge in [-0.3, -0.25) is 0 Å². The molecule has 0 atom stereocenters. The Morgan fingerprint density at radius 2 is 0.676 bits per heavy atom. The Morgan fingerprint density at radius 3 is 0.912 bits per heavy atom. The summed E-state index contributed by atoms with van der Waals surface area (Å²) >= 11 is 2.41. The Kier molecular flexibility index (Phi) is 25.0. The Balaban J connectivity index is 4.05. The highest BCUT2D eigenvalue weighted by Crippen LogP contribution is 2.30. The van der Waals surface area contributed by atoms with Crippen LogP contribution in [0.25, 0.3) is 0 Å². The van der Waals surface area contributed by atoms with Crippen LogP contribution < -0.4 is 0 Å². The van der Waals surface area contributed by atoms with Crippen molar-refractivity contribution in [1.82, 2.24) is 0 Å². The topological polar surface area (TPSA) is 74.6 Å². The van der Waals surface area contributed by atoms with Crippen LogP contribution in [0, 0.1) is 0 Å². The third kappa shape index (κ3) is 20.7. The van der Waals surface area contributed by atoms with Crippen molar-refractivity contribution in [3.63, 3.8) is 0 Å². The first-order valence-corrected chi connectivity index (χ1v) is 16.0. The number of hydrogen-bond acceptors (Lipinski definition) is 4. The quantitative estimate of drug-likeness (QED) is 0.0880. The van der Waals surface area contributed by atoms with Gasteiger partial charge in [-0.1, -0.05) is 129 Å². The molecule has 0 aromatic rings. The zero-order valence-corrected chi connectivity index (χ0v) is 23.7. The van der Waals surface area contributed by atoms with Crippen LogP contribution in [0.5, 0.6) is 0 Å². The minimum absolute atomic E-state index is 0.0144. The molecule has 0 rings (SSSR count). The van der Waals surface area contributed by atoms with Gasteiger partial charge in [0.25, 0.3) is 0 Å². The second-order valence-electron chi connectivity index (χ2n) is 9.33. The summed E-state index contributed by atoms with van der Waals surface area (Å²) < 4.78 is 0. The van der Waals surface area contributed by atoms with Gasteiger partial charge in [0.05, 0.1) is 0 Å². The van der Waals surface area contributed by atoms with Crippen molar-refractivity contribution < 1.29 is 19.8 Å². The molecule has 0 aromatic carbocycles. The molecule has 0 aliphatic rings. The largest absolute Gasteiger partial charge is 0.477 e. The summed E-state index contributed by atoms with van der Waals surface area (Å²) in [6.45, 7) is 4.47. The summed E-state index contributed by atoms with van der Waals surface area (Å²) in [7, 11) is 0. The van der Waals surface area contributed by atoms with Crippen LogP contribution in [-0.2, 0) is 9.59 Å². The van der Waals surface area contributed by atoms with Crippen molar-refractivity contribution >= 4 is 35.5 Å². The fourth-order valence-corrected chi connectivity index (χ4v) is 6.12. The molecule has 0 spiro atoms. The summed E-state index contributed by atoms with van der Waals surface area (Å²) in [6, 6.07) is 0. The molecule has 4 nitrogen and oxygen atoms in total. The predicted octanol–water partition coefficient (Wildman–Crippen LogP) is 9.68. The highest BCUT2D eigenvalue weighted by atomic mass is 32.2. The monoisotopic (exact) mass is 516 g/mol. The van der Waals surface area contributed by atoms with Crippen molar-refractivity contribution in [2.75, 3.05) is 11.5 Å². The van der Waals surface area contributed by atoms with Gasteiger partial charge >= 0.3 is 11.9 Å². The second-order valence-corrected chi connectivity index (χ2v) is 11.5. The molecule has 0 aliphatic carbocycles. The van der Waals surface area contributed by atoms with E-state index in [0.29, 0.717) is 11.5 Å². The number of carbonyl (C=O) groups is 2. The Morgan fingerprint density at radius 1 is 0.441 bits per heavy atom. The van der Waals surface area contributed by atoms with E-state index in [1.54, 1.807) is 0 Å². The second kappa shape index (κ2) is 25.5. The molecular formula is C28H52O4S2. The number of thioether (sulfide) groups is 2. The fourth-order valence-electron chi connectivity index (χ4n) is 3.98. The number of hydrogen-bond donors (Lipinski definition) is 2. The molecule has 0 aliphatic heterocycles. The van der Waals surface area contributed by atoms with Crippen LogP contribution >= 0.6 is 23.5 Å². The number of unbranched alkanes of at least 4 members (excludes halogenated alkanes) is 18. The number of carboxylic acids is 2. The minimum atomic E-state index is -1.11. The average Bonchev–Trinajstić information content (AvgIpc) is 2.81. The van der Waals surface area contributed by atoms with Crippen molar-refractivity contribution in [2.45, 2.75) is 142 Å².